The van der Waals surface area contributed by atoms with Crippen LogP contribution in [0.1, 0.15) is 5.56 Å². The van der Waals surface area contributed by atoms with Gasteiger partial charge in [-0.15, -0.1) is 0 Å². The molecule has 0 fully saturated rings. The normalized spacial score (nSPS) is 10.0. The van der Waals surface area contributed by atoms with E-state index in [2.05, 4.69) is 9.48 Å². The van der Waals surface area contributed by atoms with Crippen LogP contribution in [0.5, 0.6) is 0 Å². The molecule has 0 aliphatic heterocycles. The van der Waals surface area contributed by atoms with Gasteiger partial charge >= 0.3 is 5.17 Å². The molecule has 0 radical (unpaired) electrons. The highest BCUT2D eigenvalue weighted by atomic mass is 32.2. The summed E-state index contributed by atoms with van der Waals surface area (Å²) in [5.41, 5.74) is 1.21. The Bertz CT molecular complexity index is 451. The van der Waals surface area contributed by atoms with Crippen LogP contribution in [0.25, 0.3) is 0 Å². The molecule has 0 bridgehead atoms. The first-order valence-corrected chi connectivity index (χ1v) is 6.48. The minimum absolute atomic E-state index is 0.133. The second-order valence-electron chi connectivity index (χ2n) is 4.28. The number of hydrogen-bond donors (Lipinski definition) is 0. The molecule has 0 saturated carbocycles. The van der Waals surface area contributed by atoms with Crippen molar-refractivity contribution in [1.82, 2.24) is 4.90 Å². The van der Waals surface area contributed by atoms with Crippen LogP contribution in [-0.4, -0.2) is 47.8 Å². The van der Waals surface area contributed by atoms with Gasteiger partial charge in [-0.05, 0) is 17.3 Å². The standard InChI is InChI=1S/C12H18N3O2S/c1-13(2)12(14(3)4)18-9-10-5-7-11(8-6-10)15(16)17/h5-8H,9H2,1-4H3/q+1. The van der Waals surface area contributed by atoms with E-state index in [9.17, 15) is 10.1 Å². The third kappa shape index (κ3) is 4.03. The van der Waals surface area contributed by atoms with Crippen LogP contribution < -0.4 is 0 Å². The van der Waals surface area contributed by atoms with Gasteiger partial charge in [0.2, 0.25) is 0 Å². The minimum Gasteiger partial charge on any atom is -0.262 e. The summed E-state index contributed by atoms with van der Waals surface area (Å²) in [5, 5.41) is 11.7. The topological polar surface area (TPSA) is 49.4 Å². The molecule has 0 aromatic heterocycles. The van der Waals surface area contributed by atoms with Gasteiger partial charge < -0.3 is 0 Å². The van der Waals surface area contributed by atoms with Crippen LogP contribution in [0.4, 0.5) is 5.69 Å². The lowest BCUT2D eigenvalue weighted by atomic mass is 10.2. The molecule has 0 spiro atoms. The van der Waals surface area contributed by atoms with Gasteiger partial charge in [-0.3, -0.25) is 19.6 Å². The van der Waals surface area contributed by atoms with Crippen LogP contribution in [0.2, 0.25) is 0 Å². The highest BCUT2D eigenvalue weighted by Crippen LogP contribution is 2.18. The highest BCUT2D eigenvalue weighted by molar-refractivity contribution is 8.12. The maximum Gasteiger partial charge on any atom is 0.307 e. The maximum absolute atomic E-state index is 10.5. The molecule has 0 heterocycles. The van der Waals surface area contributed by atoms with Crippen molar-refractivity contribution < 1.29 is 9.50 Å². The molecule has 1 rings (SSSR count). The molecule has 98 valence electrons. The van der Waals surface area contributed by atoms with E-state index in [1.54, 1.807) is 36.0 Å². The Hall–Kier alpha value is -1.56. The van der Waals surface area contributed by atoms with Crippen molar-refractivity contribution in [1.29, 1.82) is 0 Å². The average molecular weight is 268 g/mol. The van der Waals surface area contributed by atoms with Gasteiger partial charge in [-0.25, -0.2) is 0 Å². The summed E-state index contributed by atoms with van der Waals surface area (Å²) in [5.74, 6) is 0.795. The Labute approximate surface area is 111 Å². The van der Waals surface area contributed by atoms with Crippen LogP contribution in [-0.2, 0) is 5.75 Å². The van der Waals surface area contributed by atoms with Crippen molar-refractivity contribution in [2.75, 3.05) is 28.2 Å². The van der Waals surface area contributed by atoms with E-state index in [1.165, 1.54) is 0 Å². The number of thioether (sulfide) groups is 1. The van der Waals surface area contributed by atoms with Crippen LogP contribution in [0.15, 0.2) is 24.3 Å². The van der Waals surface area contributed by atoms with Gasteiger partial charge in [0.05, 0.1) is 33.1 Å². The fraction of sp³-hybridized carbons (Fsp3) is 0.417. The second kappa shape index (κ2) is 6.39. The zero-order valence-corrected chi connectivity index (χ0v) is 11.9. The zero-order chi connectivity index (χ0) is 13.7. The van der Waals surface area contributed by atoms with Crippen molar-refractivity contribution in [3.05, 3.63) is 39.9 Å². The zero-order valence-electron chi connectivity index (χ0n) is 11.1. The SMILES string of the molecule is CN(C)C(SCc1ccc([N+](=O)[O-])cc1)=[N+](C)C. The first-order chi connectivity index (χ1) is 8.41. The van der Waals surface area contributed by atoms with Gasteiger partial charge in [0.1, 0.15) is 0 Å². The van der Waals surface area contributed by atoms with Gasteiger partial charge in [0.25, 0.3) is 5.69 Å². The number of nitro groups is 1. The molecular formula is C12H18N3O2S+. The van der Waals surface area contributed by atoms with E-state index < -0.39 is 0 Å². The molecule has 0 N–H and O–H groups in total. The fourth-order valence-corrected chi connectivity index (χ4v) is 2.52. The number of nitrogens with zero attached hydrogens (tertiary/aromatic N) is 3. The molecule has 5 nitrogen and oxygen atoms in total. The van der Waals surface area contributed by atoms with E-state index in [4.69, 9.17) is 0 Å². The molecule has 0 aliphatic rings. The fourth-order valence-electron chi connectivity index (χ4n) is 1.52. The third-order valence-electron chi connectivity index (χ3n) is 2.28. The van der Waals surface area contributed by atoms with E-state index in [0.29, 0.717) is 0 Å². The predicted molar refractivity (Wildman–Crippen MR) is 75.2 cm³/mol. The smallest absolute Gasteiger partial charge is 0.262 e. The minimum atomic E-state index is -0.381. The average Bonchev–Trinajstić information content (AvgIpc) is 2.28. The van der Waals surface area contributed by atoms with Crippen molar-refractivity contribution >= 4 is 22.6 Å². The Morgan fingerprint density at radius 3 is 2.22 bits per heavy atom. The van der Waals surface area contributed by atoms with Crippen LogP contribution in [0.3, 0.4) is 0 Å². The van der Waals surface area contributed by atoms with Gasteiger partial charge in [-0.2, -0.15) is 0 Å². The molecule has 6 heteroatoms. The number of benzene rings is 1. The third-order valence-corrected chi connectivity index (χ3v) is 3.75. The Morgan fingerprint density at radius 1 is 1.28 bits per heavy atom. The molecule has 0 unspecified atom stereocenters. The predicted octanol–water partition coefficient (Wildman–Crippen LogP) is 2.02. The van der Waals surface area contributed by atoms with E-state index in [1.807, 2.05) is 28.2 Å². The largest absolute Gasteiger partial charge is 0.307 e. The molecule has 0 amide bonds. The Balaban J connectivity index is 2.69. The number of nitro benzene ring substituents is 1. The highest BCUT2D eigenvalue weighted by Gasteiger charge is 2.13. The molecule has 18 heavy (non-hydrogen) atoms. The van der Waals surface area contributed by atoms with Gasteiger partial charge in [-0.1, -0.05) is 12.1 Å². The van der Waals surface area contributed by atoms with Gasteiger partial charge in [0.15, 0.2) is 0 Å². The maximum atomic E-state index is 10.5. The van der Waals surface area contributed by atoms with E-state index >= 15 is 0 Å². The lowest BCUT2D eigenvalue weighted by Gasteiger charge is -2.10. The van der Waals surface area contributed by atoms with Crippen LogP contribution >= 0.6 is 11.8 Å². The van der Waals surface area contributed by atoms with E-state index in [0.717, 1.165) is 16.5 Å². The number of amidine groups is 1. The van der Waals surface area contributed by atoms with Crippen molar-refractivity contribution in [3.63, 3.8) is 0 Å². The second-order valence-corrected chi connectivity index (χ2v) is 5.23. The lowest BCUT2D eigenvalue weighted by molar-refractivity contribution is -0.466. The summed E-state index contributed by atoms with van der Waals surface area (Å²) in [6, 6.07) is 6.68. The molecule has 0 saturated heterocycles. The summed E-state index contributed by atoms with van der Waals surface area (Å²) in [7, 11) is 7.99. The molecule has 0 atom stereocenters. The molecule has 0 aliphatic carbocycles. The Kier molecular flexibility index (Phi) is 5.15. The van der Waals surface area contributed by atoms with Crippen LogP contribution in [0, 0.1) is 10.1 Å². The summed E-state index contributed by atoms with van der Waals surface area (Å²) >= 11 is 1.70. The quantitative estimate of drug-likeness (QED) is 0.277. The molecule has 1 aromatic rings. The molecular weight excluding hydrogens is 250 g/mol. The summed E-state index contributed by atoms with van der Waals surface area (Å²) in [4.78, 5) is 12.2. The summed E-state index contributed by atoms with van der Waals surface area (Å²) in [6.45, 7) is 0. The van der Waals surface area contributed by atoms with Crippen molar-refractivity contribution in [2.45, 2.75) is 5.75 Å². The summed E-state index contributed by atoms with van der Waals surface area (Å²) < 4.78 is 2.05. The first kappa shape index (κ1) is 14.5. The lowest BCUT2D eigenvalue weighted by Crippen LogP contribution is -2.26. The number of non-ortho nitro benzene ring substituents is 1. The first-order valence-electron chi connectivity index (χ1n) is 5.49. The molecule has 1 aromatic carbocycles. The van der Waals surface area contributed by atoms with Crippen molar-refractivity contribution in [3.8, 4) is 0 Å². The Morgan fingerprint density at radius 2 is 1.83 bits per heavy atom. The van der Waals surface area contributed by atoms with Crippen molar-refractivity contribution in [2.24, 2.45) is 0 Å². The summed E-state index contributed by atoms with van der Waals surface area (Å²) in [6.07, 6.45) is 0. The number of rotatable bonds is 3. The van der Waals surface area contributed by atoms with E-state index in [-0.39, 0.29) is 10.6 Å². The van der Waals surface area contributed by atoms with Gasteiger partial charge in [0, 0.05) is 17.9 Å². The monoisotopic (exact) mass is 268 g/mol. The number of hydrogen-bond acceptors (Lipinski definition) is 3.